The number of nitrogens with one attached hydrogen (secondary N) is 2. The number of ether oxygens (including phenoxy) is 1. The second-order valence-electron chi connectivity index (χ2n) is 6.56. The maximum Gasteiger partial charge on any atom is 0.408 e. The van der Waals surface area contributed by atoms with Crippen molar-refractivity contribution in [3.63, 3.8) is 0 Å². The molecule has 1 unspecified atom stereocenters. The van der Waals surface area contributed by atoms with Crippen molar-refractivity contribution in [3.8, 4) is 0 Å². The van der Waals surface area contributed by atoms with E-state index in [2.05, 4.69) is 10.6 Å². The molecule has 0 bridgehead atoms. The molecule has 0 spiro atoms. The van der Waals surface area contributed by atoms with E-state index in [0.717, 1.165) is 5.56 Å². The van der Waals surface area contributed by atoms with Crippen molar-refractivity contribution >= 4 is 23.7 Å². The molecule has 0 aliphatic carbocycles. The number of anilines is 1. The molecule has 7 nitrogen and oxygen atoms in total. The Balaban J connectivity index is 1.98. The number of aliphatic carboxylic acids is 1. The molecule has 1 atom stereocenters. The molecule has 29 heavy (non-hydrogen) atoms. The van der Waals surface area contributed by atoms with Gasteiger partial charge in [-0.05, 0) is 48.6 Å². The number of hydrogen-bond donors (Lipinski definition) is 3. The monoisotopic (exact) mass is 402 g/mol. The fourth-order valence-electron chi connectivity index (χ4n) is 2.74. The van der Waals surface area contributed by atoms with Crippen molar-refractivity contribution in [2.45, 2.75) is 39.3 Å². The van der Waals surface area contributed by atoms with Crippen LogP contribution in [0.2, 0.25) is 0 Å². The zero-order chi connectivity index (χ0) is 21.4. The lowest BCUT2D eigenvalue weighted by atomic mass is 9.99. The molecule has 2 aromatic rings. The first kappa shape index (κ1) is 21.9. The Kier molecular flexibility index (Phi) is 7.70. The number of hydrogen-bond acceptors (Lipinski definition) is 4. The number of aryl methyl sites for hydroxylation is 1. The number of carbonyl (C=O) groups is 3. The van der Waals surface area contributed by atoms with Crippen molar-refractivity contribution in [2.75, 3.05) is 5.32 Å². The number of benzene rings is 2. The summed E-state index contributed by atoms with van der Waals surface area (Å²) in [6.45, 7) is 2.89. The largest absolute Gasteiger partial charge is 0.480 e. The van der Waals surface area contributed by atoms with E-state index in [1.165, 1.54) is 13.0 Å². The van der Waals surface area contributed by atoms with Gasteiger partial charge in [-0.15, -0.1) is 0 Å². The first-order valence-electron chi connectivity index (χ1n) is 9.03. The summed E-state index contributed by atoms with van der Waals surface area (Å²) in [5.74, 6) is -2.07. The number of amides is 2. The second-order valence-corrected chi connectivity index (χ2v) is 6.56. The summed E-state index contributed by atoms with van der Waals surface area (Å²) in [4.78, 5) is 34.6. The van der Waals surface area contributed by atoms with Crippen LogP contribution in [0.3, 0.4) is 0 Å². The van der Waals surface area contributed by atoms with Crippen LogP contribution in [0.4, 0.5) is 14.9 Å². The Hall–Kier alpha value is -3.42. The van der Waals surface area contributed by atoms with Gasteiger partial charge in [0.1, 0.15) is 18.5 Å². The fraction of sp³-hybridized carbons (Fsp3) is 0.286. The van der Waals surface area contributed by atoms with Gasteiger partial charge in [0.25, 0.3) is 0 Å². The fourth-order valence-corrected chi connectivity index (χ4v) is 2.74. The Labute approximate surface area is 167 Å². The third-order valence-electron chi connectivity index (χ3n) is 4.28. The molecule has 0 saturated heterocycles. The van der Waals surface area contributed by atoms with E-state index in [0.29, 0.717) is 11.1 Å². The van der Waals surface area contributed by atoms with Crippen molar-refractivity contribution in [1.82, 2.24) is 5.32 Å². The highest BCUT2D eigenvalue weighted by Crippen LogP contribution is 2.21. The molecular formula is C21H23FN2O5. The maximum atomic E-state index is 14.1. The van der Waals surface area contributed by atoms with Gasteiger partial charge < -0.3 is 20.5 Å². The number of carboxylic acid groups (broad SMARTS) is 1. The van der Waals surface area contributed by atoms with Crippen LogP contribution in [-0.2, 0) is 27.4 Å². The number of rotatable bonds is 8. The highest BCUT2D eigenvalue weighted by atomic mass is 19.1. The van der Waals surface area contributed by atoms with Gasteiger partial charge in [-0.2, -0.15) is 0 Å². The van der Waals surface area contributed by atoms with E-state index in [-0.39, 0.29) is 31.0 Å². The predicted octanol–water partition coefficient (Wildman–Crippen LogP) is 3.40. The lowest BCUT2D eigenvalue weighted by Gasteiger charge is -2.16. The Morgan fingerprint density at radius 1 is 1.17 bits per heavy atom. The van der Waals surface area contributed by atoms with Crippen LogP contribution in [0, 0.1) is 12.7 Å². The lowest BCUT2D eigenvalue weighted by molar-refractivity contribution is -0.139. The lowest BCUT2D eigenvalue weighted by Crippen LogP contribution is -2.41. The van der Waals surface area contributed by atoms with Crippen LogP contribution in [-0.4, -0.2) is 29.1 Å². The van der Waals surface area contributed by atoms with E-state index < -0.39 is 23.9 Å². The Morgan fingerprint density at radius 2 is 1.86 bits per heavy atom. The highest BCUT2D eigenvalue weighted by Gasteiger charge is 2.21. The Bertz CT molecular complexity index is 886. The molecule has 154 valence electrons. The number of halogens is 1. The average Bonchev–Trinajstić information content (AvgIpc) is 2.67. The summed E-state index contributed by atoms with van der Waals surface area (Å²) in [5.41, 5.74) is 1.96. The maximum absolute atomic E-state index is 14.1. The van der Waals surface area contributed by atoms with Crippen LogP contribution in [0.15, 0.2) is 42.5 Å². The van der Waals surface area contributed by atoms with Crippen molar-refractivity contribution in [2.24, 2.45) is 0 Å². The minimum Gasteiger partial charge on any atom is -0.480 e. The zero-order valence-electron chi connectivity index (χ0n) is 16.2. The molecule has 2 aromatic carbocycles. The topological polar surface area (TPSA) is 105 Å². The summed E-state index contributed by atoms with van der Waals surface area (Å²) in [6.07, 6.45) is -0.637. The second kappa shape index (κ2) is 10.2. The molecule has 0 heterocycles. The quantitative estimate of drug-likeness (QED) is 0.628. The third kappa shape index (κ3) is 6.91. The molecule has 0 radical (unpaired) electrons. The van der Waals surface area contributed by atoms with Crippen molar-refractivity contribution < 1.29 is 28.6 Å². The van der Waals surface area contributed by atoms with Gasteiger partial charge in [-0.1, -0.05) is 30.3 Å². The van der Waals surface area contributed by atoms with E-state index in [4.69, 9.17) is 4.74 Å². The van der Waals surface area contributed by atoms with Gasteiger partial charge in [-0.25, -0.2) is 14.0 Å². The van der Waals surface area contributed by atoms with Crippen molar-refractivity contribution in [1.29, 1.82) is 0 Å². The molecule has 0 aliphatic rings. The molecule has 2 amide bonds. The number of carboxylic acids is 1. The molecule has 0 aromatic heterocycles. The van der Waals surface area contributed by atoms with E-state index >= 15 is 0 Å². The zero-order valence-corrected chi connectivity index (χ0v) is 16.2. The standard InChI is InChI=1S/C21H23FN2O5/c1-13-16(10-17(11-18(13)22)23-14(2)25)8-9-19(20(26)27)24-21(28)29-12-15-6-4-3-5-7-15/h3-7,10-11,19H,8-9,12H2,1-2H3,(H,23,25)(H,24,28)(H,26,27). The minimum atomic E-state index is -1.22. The highest BCUT2D eigenvalue weighted by molar-refractivity contribution is 5.88. The van der Waals surface area contributed by atoms with Crippen LogP contribution in [0.5, 0.6) is 0 Å². The van der Waals surface area contributed by atoms with Gasteiger partial charge in [0, 0.05) is 12.6 Å². The van der Waals surface area contributed by atoms with Gasteiger partial charge >= 0.3 is 12.1 Å². The Morgan fingerprint density at radius 3 is 2.48 bits per heavy atom. The van der Waals surface area contributed by atoms with E-state index in [9.17, 15) is 23.9 Å². The van der Waals surface area contributed by atoms with Crippen molar-refractivity contribution in [3.05, 3.63) is 65.0 Å². The summed E-state index contributed by atoms with van der Waals surface area (Å²) < 4.78 is 19.1. The summed E-state index contributed by atoms with van der Waals surface area (Å²) in [7, 11) is 0. The molecule has 3 N–H and O–H groups in total. The number of carbonyl (C=O) groups excluding carboxylic acids is 2. The summed E-state index contributed by atoms with van der Waals surface area (Å²) in [5, 5.41) is 14.2. The minimum absolute atomic E-state index is 0.0160. The van der Waals surface area contributed by atoms with Crippen LogP contribution in [0.25, 0.3) is 0 Å². The third-order valence-corrected chi connectivity index (χ3v) is 4.28. The van der Waals surface area contributed by atoms with Gasteiger partial charge in [0.2, 0.25) is 5.91 Å². The SMILES string of the molecule is CC(=O)Nc1cc(F)c(C)c(CCC(NC(=O)OCc2ccccc2)C(=O)O)c1. The first-order chi connectivity index (χ1) is 13.8. The molecular weight excluding hydrogens is 379 g/mol. The van der Waals surface area contributed by atoms with E-state index in [1.54, 1.807) is 37.3 Å². The van der Waals surface area contributed by atoms with Crippen LogP contribution in [0.1, 0.15) is 30.0 Å². The molecule has 2 rings (SSSR count). The number of alkyl carbamates (subject to hydrolysis) is 1. The van der Waals surface area contributed by atoms with E-state index in [1.807, 2.05) is 6.07 Å². The summed E-state index contributed by atoms with van der Waals surface area (Å²) >= 11 is 0. The van der Waals surface area contributed by atoms with Gasteiger partial charge in [0.05, 0.1) is 0 Å². The van der Waals surface area contributed by atoms with Crippen LogP contribution < -0.4 is 10.6 Å². The average molecular weight is 402 g/mol. The molecule has 8 heteroatoms. The van der Waals surface area contributed by atoms with Gasteiger partial charge in [0.15, 0.2) is 0 Å². The summed E-state index contributed by atoms with van der Waals surface area (Å²) in [6, 6.07) is 10.6. The molecule has 0 saturated carbocycles. The van der Waals surface area contributed by atoms with Crippen LogP contribution >= 0.6 is 0 Å². The van der Waals surface area contributed by atoms with Gasteiger partial charge in [-0.3, -0.25) is 4.79 Å². The smallest absolute Gasteiger partial charge is 0.408 e. The first-order valence-corrected chi connectivity index (χ1v) is 9.03. The predicted molar refractivity (Wildman–Crippen MR) is 105 cm³/mol. The molecule has 0 aliphatic heterocycles. The molecule has 0 fully saturated rings. The normalized spacial score (nSPS) is 11.4.